The van der Waals surface area contributed by atoms with Crippen molar-refractivity contribution in [2.24, 2.45) is 0 Å². The smallest absolute Gasteiger partial charge is 0.309 e. The quantitative estimate of drug-likeness (QED) is 0.511. The van der Waals surface area contributed by atoms with Crippen molar-refractivity contribution in [1.82, 2.24) is 20.5 Å². The van der Waals surface area contributed by atoms with Gasteiger partial charge in [-0.05, 0) is 41.5 Å². The van der Waals surface area contributed by atoms with Crippen molar-refractivity contribution in [3.63, 3.8) is 0 Å². The van der Waals surface area contributed by atoms with E-state index in [0.29, 0.717) is 11.6 Å². The molecule has 7 nitrogen and oxygen atoms in total. The van der Waals surface area contributed by atoms with Crippen LogP contribution in [0.3, 0.4) is 0 Å². The molecular formula is C26H28ClN5O2. The molecule has 0 radical (unpaired) electrons. The molecule has 4 rings (SSSR count). The first kappa shape index (κ1) is 23.7. The van der Waals surface area contributed by atoms with Gasteiger partial charge >= 0.3 is 11.8 Å². The van der Waals surface area contributed by atoms with E-state index in [2.05, 4.69) is 37.6 Å². The van der Waals surface area contributed by atoms with Gasteiger partial charge in [-0.15, -0.1) is 0 Å². The normalized spacial score (nSPS) is 14.9. The minimum Gasteiger partial charge on any atom is -0.369 e. The topological polar surface area (TPSA) is 77.6 Å². The number of hydrogen-bond acceptors (Lipinski definition) is 5. The van der Waals surface area contributed by atoms with Crippen molar-refractivity contribution >= 4 is 29.1 Å². The van der Waals surface area contributed by atoms with E-state index in [1.54, 1.807) is 18.3 Å². The van der Waals surface area contributed by atoms with E-state index in [9.17, 15) is 9.59 Å². The molecule has 2 aromatic carbocycles. The van der Waals surface area contributed by atoms with Crippen molar-refractivity contribution in [3.8, 4) is 0 Å². The molecule has 3 aromatic rings. The largest absolute Gasteiger partial charge is 0.369 e. The molecule has 2 amide bonds. The Labute approximate surface area is 204 Å². The van der Waals surface area contributed by atoms with Crippen molar-refractivity contribution in [3.05, 3.63) is 95.3 Å². The number of amides is 2. The lowest BCUT2D eigenvalue weighted by molar-refractivity contribution is -0.139. The lowest BCUT2D eigenvalue weighted by atomic mass is 10.1. The molecule has 34 heavy (non-hydrogen) atoms. The Hall–Kier alpha value is -3.42. The maximum Gasteiger partial charge on any atom is 0.309 e. The third-order valence-corrected chi connectivity index (χ3v) is 6.23. The van der Waals surface area contributed by atoms with Crippen LogP contribution in [0.5, 0.6) is 0 Å². The molecule has 0 spiro atoms. The molecule has 1 fully saturated rings. The second-order valence-corrected chi connectivity index (χ2v) is 8.62. The van der Waals surface area contributed by atoms with Crippen LogP contribution in [0.25, 0.3) is 0 Å². The van der Waals surface area contributed by atoms with Gasteiger partial charge in [0, 0.05) is 62.4 Å². The number of carbonyl (C=O) groups excluding carboxylic acids is 2. The van der Waals surface area contributed by atoms with Crippen LogP contribution in [0.4, 0.5) is 5.69 Å². The van der Waals surface area contributed by atoms with Crippen LogP contribution in [0.2, 0.25) is 5.02 Å². The highest BCUT2D eigenvalue weighted by Gasteiger charge is 2.26. The van der Waals surface area contributed by atoms with Crippen LogP contribution in [0, 0.1) is 0 Å². The number of para-hydroxylation sites is 1. The van der Waals surface area contributed by atoms with Gasteiger partial charge in [0.05, 0.1) is 6.04 Å². The van der Waals surface area contributed by atoms with Crippen molar-refractivity contribution in [2.45, 2.75) is 12.6 Å². The lowest BCUT2D eigenvalue weighted by Gasteiger charge is -2.40. The summed E-state index contributed by atoms with van der Waals surface area (Å²) >= 11 is 5.89. The van der Waals surface area contributed by atoms with Crippen LogP contribution in [-0.4, -0.2) is 54.4 Å². The third-order valence-electron chi connectivity index (χ3n) is 5.97. The van der Waals surface area contributed by atoms with Gasteiger partial charge in [0.25, 0.3) is 0 Å². The second-order valence-electron chi connectivity index (χ2n) is 8.18. The van der Waals surface area contributed by atoms with E-state index in [-0.39, 0.29) is 12.6 Å². The predicted molar refractivity (Wildman–Crippen MR) is 134 cm³/mol. The number of benzene rings is 2. The van der Waals surface area contributed by atoms with E-state index in [1.165, 1.54) is 5.69 Å². The van der Waals surface area contributed by atoms with E-state index in [0.717, 1.165) is 37.3 Å². The maximum atomic E-state index is 12.5. The summed E-state index contributed by atoms with van der Waals surface area (Å²) in [5.74, 6) is -1.31. The first-order chi connectivity index (χ1) is 16.6. The summed E-state index contributed by atoms with van der Waals surface area (Å²) in [6.07, 6.45) is 3.55. The Balaban J connectivity index is 1.34. The number of hydrogen-bond donors (Lipinski definition) is 2. The Bertz CT molecular complexity index is 1070. The summed E-state index contributed by atoms with van der Waals surface area (Å²) in [5.41, 5.74) is 3.10. The van der Waals surface area contributed by atoms with Gasteiger partial charge in [0.2, 0.25) is 0 Å². The summed E-state index contributed by atoms with van der Waals surface area (Å²) in [6, 6.07) is 21.3. The van der Waals surface area contributed by atoms with Gasteiger partial charge in [-0.2, -0.15) is 0 Å². The molecule has 1 aliphatic heterocycles. The molecule has 1 aliphatic rings. The van der Waals surface area contributed by atoms with E-state index >= 15 is 0 Å². The fraction of sp³-hybridized carbons (Fsp3) is 0.269. The summed E-state index contributed by atoms with van der Waals surface area (Å²) < 4.78 is 0. The molecule has 0 bridgehead atoms. The van der Waals surface area contributed by atoms with Crippen LogP contribution in [0.1, 0.15) is 17.2 Å². The van der Waals surface area contributed by atoms with Gasteiger partial charge in [-0.3, -0.25) is 19.5 Å². The zero-order valence-electron chi connectivity index (χ0n) is 18.9. The minimum atomic E-state index is -0.659. The maximum absolute atomic E-state index is 12.5. The number of rotatable bonds is 7. The minimum absolute atomic E-state index is 0.0698. The number of nitrogens with zero attached hydrogens (tertiary/aromatic N) is 3. The van der Waals surface area contributed by atoms with Gasteiger partial charge in [-0.25, -0.2) is 0 Å². The molecular weight excluding hydrogens is 450 g/mol. The molecule has 2 heterocycles. The molecule has 1 aromatic heterocycles. The zero-order chi connectivity index (χ0) is 23.8. The molecule has 2 N–H and O–H groups in total. The van der Waals surface area contributed by atoms with Crippen LogP contribution in [0.15, 0.2) is 79.1 Å². The Kier molecular flexibility index (Phi) is 8.12. The zero-order valence-corrected chi connectivity index (χ0v) is 19.6. The number of pyridine rings is 1. The van der Waals surface area contributed by atoms with E-state index < -0.39 is 11.8 Å². The fourth-order valence-electron chi connectivity index (χ4n) is 4.10. The van der Waals surface area contributed by atoms with Crippen molar-refractivity contribution in [1.29, 1.82) is 0 Å². The molecule has 0 unspecified atom stereocenters. The lowest BCUT2D eigenvalue weighted by Crippen LogP contribution is -2.50. The molecule has 1 atom stereocenters. The molecule has 1 saturated heterocycles. The highest BCUT2D eigenvalue weighted by atomic mass is 35.5. The first-order valence-corrected chi connectivity index (χ1v) is 11.7. The highest BCUT2D eigenvalue weighted by molar-refractivity contribution is 6.35. The summed E-state index contributed by atoms with van der Waals surface area (Å²) in [4.78, 5) is 33.8. The number of piperazine rings is 1. The van der Waals surface area contributed by atoms with Crippen LogP contribution >= 0.6 is 11.6 Å². The number of carbonyl (C=O) groups is 2. The summed E-state index contributed by atoms with van der Waals surface area (Å²) in [7, 11) is 0. The highest BCUT2D eigenvalue weighted by Crippen LogP contribution is 2.23. The molecule has 176 valence electrons. The van der Waals surface area contributed by atoms with Gasteiger partial charge < -0.3 is 15.5 Å². The van der Waals surface area contributed by atoms with E-state index in [4.69, 9.17) is 11.6 Å². The van der Waals surface area contributed by atoms with Gasteiger partial charge in [0.15, 0.2) is 0 Å². The molecule has 0 aliphatic carbocycles. The standard InChI is InChI=1S/C26H28ClN5O2/c27-22-10-8-20(9-11-22)17-29-25(33)26(34)30-19-24(21-5-4-12-28-18-21)32-15-13-31(14-16-32)23-6-2-1-3-7-23/h1-12,18,24H,13-17,19H2,(H,29,33)(H,30,34)/t24-/m1/s1. The second kappa shape index (κ2) is 11.6. The molecule has 0 saturated carbocycles. The monoisotopic (exact) mass is 477 g/mol. The number of halogens is 1. The number of anilines is 1. The average Bonchev–Trinajstić information content (AvgIpc) is 2.89. The Morgan fingerprint density at radius 3 is 2.26 bits per heavy atom. The SMILES string of the molecule is O=C(NCc1ccc(Cl)cc1)C(=O)NC[C@H](c1cccnc1)N1CCN(c2ccccc2)CC1. The summed E-state index contributed by atoms with van der Waals surface area (Å²) in [6.45, 7) is 4.04. The van der Waals surface area contributed by atoms with E-state index in [1.807, 2.05) is 48.7 Å². The fourth-order valence-corrected chi connectivity index (χ4v) is 4.22. The molecule has 8 heteroatoms. The number of aromatic nitrogens is 1. The van der Waals surface area contributed by atoms with Crippen LogP contribution < -0.4 is 15.5 Å². The average molecular weight is 478 g/mol. The third kappa shape index (κ3) is 6.34. The summed E-state index contributed by atoms with van der Waals surface area (Å²) in [5, 5.41) is 6.09. The Morgan fingerprint density at radius 1 is 0.882 bits per heavy atom. The van der Waals surface area contributed by atoms with Crippen molar-refractivity contribution in [2.75, 3.05) is 37.6 Å². The number of nitrogens with one attached hydrogen (secondary N) is 2. The van der Waals surface area contributed by atoms with Gasteiger partial charge in [0.1, 0.15) is 0 Å². The van der Waals surface area contributed by atoms with Gasteiger partial charge in [-0.1, -0.05) is 48.0 Å². The van der Waals surface area contributed by atoms with Crippen LogP contribution in [-0.2, 0) is 16.1 Å². The van der Waals surface area contributed by atoms with Crippen molar-refractivity contribution < 1.29 is 9.59 Å². The first-order valence-electron chi connectivity index (χ1n) is 11.3. The Morgan fingerprint density at radius 2 is 1.59 bits per heavy atom. The predicted octanol–water partition coefficient (Wildman–Crippen LogP) is 3.03.